The van der Waals surface area contributed by atoms with Crippen molar-refractivity contribution >= 4 is 33.4 Å². The van der Waals surface area contributed by atoms with Crippen molar-refractivity contribution in [2.24, 2.45) is 0 Å². The molecule has 0 spiro atoms. The van der Waals surface area contributed by atoms with Gasteiger partial charge in [-0.05, 0) is 24.5 Å². The van der Waals surface area contributed by atoms with Crippen molar-refractivity contribution in [3.05, 3.63) is 23.2 Å². The first-order valence-corrected chi connectivity index (χ1v) is 9.12. The molecule has 0 bridgehead atoms. The summed E-state index contributed by atoms with van der Waals surface area (Å²) in [6.07, 6.45) is 1.89. The predicted molar refractivity (Wildman–Crippen MR) is 83.2 cm³/mol. The molecule has 0 unspecified atom stereocenters. The minimum Gasteiger partial charge on any atom is -0.383 e. The first kappa shape index (κ1) is 17.7. The molecule has 0 aliphatic rings. The van der Waals surface area contributed by atoms with E-state index in [4.69, 9.17) is 16.3 Å². The van der Waals surface area contributed by atoms with Gasteiger partial charge >= 0.3 is 0 Å². The molecule has 0 aliphatic carbocycles. The van der Waals surface area contributed by atoms with Crippen LogP contribution in [0.5, 0.6) is 0 Å². The molecule has 0 amide bonds. The van der Waals surface area contributed by atoms with Gasteiger partial charge < -0.3 is 10.1 Å². The number of sulfonamides is 1. The molecule has 0 heterocycles. The van der Waals surface area contributed by atoms with Crippen molar-refractivity contribution in [1.82, 2.24) is 10.0 Å². The van der Waals surface area contributed by atoms with Gasteiger partial charge in [0.15, 0.2) is 0 Å². The van der Waals surface area contributed by atoms with Crippen LogP contribution in [0.4, 0.5) is 0 Å². The molecule has 1 aromatic carbocycles. The zero-order chi connectivity index (χ0) is 15.0. The Balaban J connectivity index is 2.54. The Morgan fingerprint density at radius 2 is 2.05 bits per heavy atom. The molecule has 1 rings (SSSR count). The van der Waals surface area contributed by atoms with Crippen LogP contribution < -0.4 is 10.0 Å². The monoisotopic (exact) mass is 338 g/mol. The minimum absolute atomic E-state index is 0.178. The Labute approximate surface area is 129 Å². The smallest absolute Gasteiger partial charge is 0.240 e. The highest BCUT2D eigenvalue weighted by Gasteiger charge is 2.14. The van der Waals surface area contributed by atoms with Crippen LogP contribution in [0, 0.1) is 0 Å². The normalized spacial score (nSPS) is 11.8. The van der Waals surface area contributed by atoms with Crippen molar-refractivity contribution in [1.29, 1.82) is 0 Å². The first-order valence-electron chi connectivity index (χ1n) is 6.04. The molecular formula is C12H19ClN2O3S2. The second-order valence-corrected chi connectivity index (χ2v) is 6.96. The summed E-state index contributed by atoms with van der Waals surface area (Å²) in [6.45, 7) is 2.14. The number of ether oxygens (including phenoxy) is 1. The molecule has 5 nitrogen and oxygen atoms in total. The van der Waals surface area contributed by atoms with Gasteiger partial charge in [0.25, 0.3) is 0 Å². The number of hydrogen-bond donors (Lipinski definition) is 2. The highest BCUT2D eigenvalue weighted by Crippen LogP contribution is 2.27. The molecule has 0 fully saturated rings. The molecule has 8 heteroatoms. The highest BCUT2D eigenvalue weighted by molar-refractivity contribution is 7.98. The highest BCUT2D eigenvalue weighted by atomic mass is 35.5. The van der Waals surface area contributed by atoms with Crippen molar-refractivity contribution in [2.75, 3.05) is 39.6 Å². The molecular weight excluding hydrogens is 320 g/mol. The number of rotatable bonds is 9. The SMILES string of the molecule is COCCNCCNS(=O)(=O)c1ccc(SC)c(Cl)c1. The van der Waals surface area contributed by atoms with E-state index in [0.717, 1.165) is 4.90 Å². The quantitative estimate of drug-likeness (QED) is 0.528. The van der Waals surface area contributed by atoms with Crippen LogP contribution in [0.3, 0.4) is 0 Å². The third kappa shape index (κ3) is 5.59. The predicted octanol–water partition coefficient (Wildman–Crippen LogP) is 1.58. The molecule has 0 aliphatic heterocycles. The lowest BCUT2D eigenvalue weighted by Crippen LogP contribution is -2.33. The number of halogens is 1. The largest absolute Gasteiger partial charge is 0.383 e. The first-order chi connectivity index (χ1) is 9.51. The van der Waals surface area contributed by atoms with Crippen molar-refractivity contribution in [2.45, 2.75) is 9.79 Å². The fourth-order valence-corrected chi connectivity index (χ4v) is 3.46. The maximum Gasteiger partial charge on any atom is 0.240 e. The van der Waals surface area contributed by atoms with Crippen molar-refractivity contribution in [3.63, 3.8) is 0 Å². The van der Waals surface area contributed by atoms with E-state index in [1.807, 2.05) is 6.26 Å². The topological polar surface area (TPSA) is 67.4 Å². The van der Waals surface area contributed by atoms with Crippen LogP contribution in [0.15, 0.2) is 28.0 Å². The summed E-state index contributed by atoms with van der Waals surface area (Å²) >= 11 is 7.49. The van der Waals surface area contributed by atoms with Crippen LogP contribution in [-0.4, -0.2) is 48.0 Å². The average Bonchev–Trinajstić information content (AvgIpc) is 2.42. The van der Waals surface area contributed by atoms with Crippen LogP contribution >= 0.6 is 23.4 Å². The molecule has 1 aromatic rings. The summed E-state index contributed by atoms with van der Waals surface area (Å²) in [5.74, 6) is 0. The number of methoxy groups -OCH3 is 1. The van der Waals surface area contributed by atoms with Crippen molar-refractivity contribution in [3.8, 4) is 0 Å². The van der Waals surface area contributed by atoms with E-state index in [0.29, 0.717) is 31.3 Å². The Kier molecular flexibility index (Phi) is 7.86. The molecule has 0 radical (unpaired) electrons. The molecule has 0 atom stereocenters. The van der Waals surface area contributed by atoms with E-state index >= 15 is 0 Å². The Hall–Kier alpha value is -0.310. The Bertz CT molecular complexity index is 523. The lowest BCUT2D eigenvalue weighted by atomic mass is 10.4. The zero-order valence-electron chi connectivity index (χ0n) is 11.5. The number of hydrogen-bond acceptors (Lipinski definition) is 5. The number of thioether (sulfide) groups is 1. The maximum atomic E-state index is 12.0. The van der Waals surface area contributed by atoms with Gasteiger partial charge in [-0.25, -0.2) is 13.1 Å². The van der Waals surface area contributed by atoms with Gasteiger partial charge in [0, 0.05) is 31.6 Å². The molecule has 0 saturated carbocycles. The van der Waals surface area contributed by atoms with Gasteiger partial charge in [-0.15, -0.1) is 11.8 Å². The lowest BCUT2D eigenvalue weighted by Gasteiger charge is -2.09. The zero-order valence-corrected chi connectivity index (χ0v) is 13.9. The minimum atomic E-state index is -3.52. The fraction of sp³-hybridized carbons (Fsp3) is 0.500. The van der Waals surface area contributed by atoms with Gasteiger partial charge in [-0.2, -0.15) is 0 Å². The third-order valence-electron chi connectivity index (χ3n) is 2.51. The van der Waals surface area contributed by atoms with Gasteiger partial charge in [0.05, 0.1) is 16.5 Å². The second kappa shape index (κ2) is 8.86. The molecule has 20 heavy (non-hydrogen) atoms. The maximum absolute atomic E-state index is 12.0. The standard InChI is InChI=1S/C12H19ClN2O3S2/c1-18-8-7-14-5-6-15-20(16,17)10-3-4-12(19-2)11(13)9-10/h3-4,9,14-15H,5-8H2,1-2H3. The number of nitrogens with one attached hydrogen (secondary N) is 2. The van der Waals surface area contributed by atoms with E-state index in [-0.39, 0.29) is 4.90 Å². The number of benzene rings is 1. The van der Waals surface area contributed by atoms with E-state index in [9.17, 15) is 8.42 Å². The summed E-state index contributed by atoms with van der Waals surface area (Å²) in [5.41, 5.74) is 0. The van der Waals surface area contributed by atoms with E-state index in [2.05, 4.69) is 10.0 Å². The Morgan fingerprint density at radius 3 is 2.65 bits per heavy atom. The van der Waals surface area contributed by atoms with Crippen molar-refractivity contribution < 1.29 is 13.2 Å². The van der Waals surface area contributed by atoms with Gasteiger partial charge in [0.1, 0.15) is 0 Å². The summed E-state index contributed by atoms with van der Waals surface area (Å²) in [5, 5.41) is 3.50. The lowest BCUT2D eigenvalue weighted by molar-refractivity contribution is 0.199. The van der Waals surface area contributed by atoms with E-state index in [1.165, 1.54) is 17.8 Å². The van der Waals surface area contributed by atoms with E-state index < -0.39 is 10.0 Å². The molecule has 0 aromatic heterocycles. The molecule has 0 saturated heterocycles. The van der Waals surface area contributed by atoms with Crippen LogP contribution in [0.2, 0.25) is 5.02 Å². The fourth-order valence-electron chi connectivity index (χ4n) is 1.47. The summed E-state index contributed by atoms with van der Waals surface area (Å²) in [7, 11) is -1.90. The average molecular weight is 339 g/mol. The Morgan fingerprint density at radius 1 is 1.30 bits per heavy atom. The summed E-state index contributed by atoms with van der Waals surface area (Å²) < 4.78 is 31.5. The van der Waals surface area contributed by atoms with Crippen LogP contribution in [0.1, 0.15) is 0 Å². The summed E-state index contributed by atoms with van der Waals surface area (Å²) in [6, 6.07) is 4.73. The van der Waals surface area contributed by atoms with Gasteiger partial charge in [-0.3, -0.25) is 0 Å². The van der Waals surface area contributed by atoms with Gasteiger partial charge in [-0.1, -0.05) is 11.6 Å². The third-order valence-corrected chi connectivity index (χ3v) is 5.19. The van der Waals surface area contributed by atoms with Gasteiger partial charge in [0.2, 0.25) is 10.0 Å². The molecule has 114 valence electrons. The second-order valence-electron chi connectivity index (χ2n) is 3.94. The van der Waals surface area contributed by atoms with E-state index in [1.54, 1.807) is 19.2 Å². The van der Waals surface area contributed by atoms with Crippen LogP contribution in [0.25, 0.3) is 0 Å². The molecule has 2 N–H and O–H groups in total. The van der Waals surface area contributed by atoms with Crippen LogP contribution in [-0.2, 0) is 14.8 Å². The summed E-state index contributed by atoms with van der Waals surface area (Å²) in [4.78, 5) is 1.03.